The topological polar surface area (TPSA) is 69.7 Å². The lowest BCUT2D eigenvalue weighted by molar-refractivity contribution is 0.0937. The smallest absolute Gasteiger partial charge is 0.251 e. The van der Waals surface area contributed by atoms with Crippen molar-refractivity contribution in [1.29, 1.82) is 0 Å². The van der Waals surface area contributed by atoms with Crippen LogP contribution < -0.4 is 5.32 Å². The third kappa shape index (κ3) is 4.04. The van der Waals surface area contributed by atoms with Crippen molar-refractivity contribution in [3.05, 3.63) is 29.8 Å². The molecular formula is C18H27N3O3S. The average molecular weight is 365 g/mol. The molecule has 0 bridgehead atoms. The molecule has 1 saturated heterocycles. The molecule has 3 rings (SSSR count). The fourth-order valence-corrected chi connectivity index (χ4v) is 5.13. The van der Waals surface area contributed by atoms with E-state index < -0.39 is 10.0 Å². The minimum atomic E-state index is -3.60. The first-order chi connectivity index (χ1) is 11.9. The first-order valence-corrected chi connectivity index (χ1v) is 10.4. The standard InChI is InChI=1S/C18H27N3O3S/c1-20-11-10-16(13-20)21(2)25(23,24)17-9-5-6-14(12-17)18(22)19-15-7-3-4-8-15/h5-6,9,12,15-16H,3-4,7-8,10-11,13H2,1-2H3,(H,19,22)/t16-/m0/s1. The van der Waals surface area contributed by atoms with Crippen molar-refractivity contribution in [2.75, 3.05) is 27.2 Å². The van der Waals surface area contributed by atoms with Crippen LogP contribution in [-0.4, -0.2) is 62.8 Å². The number of hydrogen-bond donors (Lipinski definition) is 1. The fraction of sp³-hybridized carbons (Fsp3) is 0.611. The van der Waals surface area contributed by atoms with Crippen LogP contribution in [0.2, 0.25) is 0 Å². The molecule has 1 atom stereocenters. The van der Waals surface area contributed by atoms with Gasteiger partial charge in [-0.15, -0.1) is 0 Å². The molecule has 2 aliphatic rings. The summed E-state index contributed by atoms with van der Waals surface area (Å²) < 4.78 is 27.3. The third-order valence-corrected chi connectivity index (χ3v) is 7.25. The van der Waals surface area contributed by atoms with Crippen molar-refractivity contribution in [3.63, 3.8) is 0 Å². The molecule has 1 aliphatic carbocycles. The highest BCUT2D eigenvalue weighted by Gasteiger charge is 2.32. The Morgan fingerprint density at radius 3 is 2.60 bits per heavy atom. The normalized spacial score (nSPS) is 22.6. The van der Waals surface area contributed by atoms with Crippen LogP contribution in [0, 0.1) is 0 Å². The van der Waals surface area contributed by atoms with Crippen LogP contribution in [0.5, 0.6) is 0 Å². The van der Waals surface area contributed by atoms with Crippen LogP contribution in [0.15, 0.2) is 29.2 Å². The summed E-state index contributed by atoms with van der Waals surface area (Å²) in [6.07, 6.45) is 5.11. The molecule has 1 aromatic rings. The van der Waals surface area contributed by atoms with Gasteiger partial charge in [0.05, 0.1) is 4.90 Å². The quantitative estimate of drug-likeness (QED) is 0.862. The fourth-order valence-electron chi connectivity index (χ4n) is 3.71. The van der Waals surface area contributed by atoms with Gasteiger partial charge in [-0.25, -0.2) is 8.42 Å². The van der Waals surface area contributed by atoms with E-state index in [1.165, 1.54) is 10.4 Å². The van der Waals surface area contributed by atoms with E-state index in [9.17, 15) is 13.2 Å². The zero-order chi connectivity index (χ0) is 18.0. The van der Waals surface area contributed by atoms with Crippen LogP contribution in [0.25, 0.3) is 0 Å². The van der Waals surface area contributed by atoms with Gasteiger partial charge in [0.1, 0.15) is 0 Å². The Morgan fingerprint density at radius 2 is 1.96 bits per heavy atom. The number of nitrogens with one attached hydrogen (secondary N) is 1. The van der Waals surface area contributed by atoms with Gasteiger partial charge in [0.25, 0.3) is 5.91 Å². The van der Waals surface area contributed by atoms with Gasteiger partial charge in [0.15, 0.2) is 0 Å². The zero-order valence-electron chi connectivity index (χ0n) is 14.9. The summed E-state index contributed by atoms with van der Waals surface area (Å²) in [5.41, 5.74) is 0.407. The molecule has 1 aromatic carbocycles. The van der Waals surface area contributed by atoms with E-state index in [-0.39, 0.29) is 22.9 Å². The maximum atomic E-state index is 12.9. The Morgan fingerprint density at radius 1 is 1.24 bits per heavy atom. The Kier molecular flexibility index (Phi) is 5.46. The molecule has 2 fully saturated rings. The molecule has 0 unspecified atom stereocenters. The molecule has 1 heterocycles. The minimum absolute atomic E-state index is 0.0222. The molecule has 25 heavy (non-hydrogen) atoms. The maximum Gasteiger partial charge on any atom is 0.251 e. The largest absolute Gasteiger partial charge is 0.349 e. The van der Waals surface area contributed by atoms with Gasteiger partial charge in [0.2, 0.25) is 10.0 Å². The van der Waals surface area contributed by atoms with Gasteiger partial charge in [-0.05, 0) is 51.1 Å². The summed E-state index contributed by atoms with van der Waals surface area (Å²) in [5.74, 6) is -0.188. The molecule has 1 amide bonds. The predicted molar refractivity (Wildman–Crippen MR) is 97.0 cm³/mol. The Labute approximate surface area is 150 Å². The molecule has 6 nitrogen and oxygen atoms in total. The SMILES string of the molecule is CN1CC[C@H](N(C)S(=O)(=O)c2cccc(C(=O)NC3CCCC3)c2)C1. The zero-order valence-corrected chi connectivity index (χ0v) is 15.8. The molecule has 138 valence electrons. The molecule has 0 aromatic heterocycles. The highest BCUT2D eigenvalue weighted by atomic mass is 32.2. The maximum absolute atomic E-state index is 12.9. The number of amides is 1. The lowest BCUT2D eigenvalue weighted by atomic mass is 10.2. The summed E-state index contributed by atoms with van der Waals surface area (Å²) in [4.78, 5) is 14.7. The highest BCUT2D eigenvalue weighted by Crippen LogP contribution is 2.23. The van der Waals surface area contributed by atoms with Crippen LogP contribution in [0.3, 0.4) is 0 Å². The summed E-state index contributed by atoms with van der Waals surface area (Å²) in [5, 5.41) is 3.01. The van der Waals surface area contributed by atoms with Crippen LogP contribution in [0.1, 0.15) is 42.5 Å². The number of benzene rings is 1. The van der Waals surface area contributed by atoms with E-state index in [2.05, 4.69) is 10.2 Å². The van der Waals surface area contributed by atoms with E-state index in [4.69, 9.17) is 0 Å². The Hall–Kier alpha value is -1.44. The van der Waals surface area contributed by atoms with Crippen LogP contribution >= 0.6 is 0 Å². The molecule has 7 heteroatoms. The van der Waals surface area contributed by atoms with E-state index in [0.29, 0.717) is 5.56 Å². The summed E-state index contributed by atoms with van der Waals surface area (Å²) in [7, 11) is 0.0214. The van der Waals surface area contributed by atoms with Gasteiger partial charge in [0, 0.05) is 31.2 Å². The average Bonchev–Trinajstić information content (AvgIpc) is 3.26. The molecule has 1 saturated carbocycles. The number of hydrogen-bond acceptors (Lipinski definition) is 4. The monoisotopic (exact) mass is 365 g/mol. The lowest BCUT2D eigenvalue weighted by Crippen LogP contribution is -2.38. The van der Waals surface area contributed by atoms with Gasteiger partial charge >= 0.3 is 0 Å². The van der Waals surface area contributed by atoms with Crippen molar-refractivity contribution in [2.45, 2.75) is 49.1 Å². The lowest BCUT2D eigenvalue weighted by Gasteiger charge is -2.24. The van der Waals surface area contributed by atoms with E-state index in [0.717, 1.165) is 45.2 Å². The van der Waals surface area contributed by atoms with Crippen molar-refractivity contribution in [2.24, 2.45) is 0 Å². The summed E-state index contributed by atoms with van der Waals surface area (Å²) in [6, 6.07) is 6.57. The Balaban J connectivity index is 1.76. The number of likely N-dealkylation sites (N-methyl/N-ethyl adjacent to an activating group) is 2. The molecule has 0 spiro atoms. The van der Waals surface area contributed by atoms with Crippen LogP contribution in [-0.2, 0) is 10.0 Å². The number of rotatable bonds is 5. The third-order valence-electron chi connectivity index (χ3n) is 5.34. The van der Waals surface area contributed by atoms with E-state index >= 15 is 0 Å². The second kappa shape index (κ2) is 7.43. The van der Waals surface area contributed by atoms with Crippen molar-refractivity contribution in [3.8, 4) is 0 Å². The second-order valence-corrected chi connectivity index (χ2v) is 9.21. The highest BCUT2D eigenvalue weighted by molar-refractivity contribution is 7.89. The number of carbonyl (C=O) groups excluding carboxylic acids is 1. The first kappa shape index (κ1) is 18.4. The number of likely N-dealkylation sites (tertiary alicyclic amines) is 1. The number of sulfonamides is 1. The Bertz CT molecular complexity index is 729. The molecule has 0 radical (unpaired) electrons. The predicted octanol–water partition coefficient (Wildman–Crippen LogP) is 1.68. The van der Waals surface area contributed by atoms with Gasteiger partial charge in [-0.1, -0.05) is 18.9 Å². The summed E-state index contributed by atoms with van der Waals surface area (Å²) >= 11 is 0. The molecule has 1 N–H and O–H groups in total. The van der Waals surface area contributed by atoms with Gasteiger partial charge in [-0.2, -0.15) is 4.31 Å². The van der Waals surface area contributed by atoms with E-state index in [1.54, 1.807) is 25.2 Å². The second-order valence-electron chi connectivity index (χ2n) is 7.21. The molecule has 1 aliphatic heterocycles. The summed E-state index contributed by atoms with van der Waals surface area (Å²) in [6.45, 7) is 1.63. The first-order valence-electron chi connectivity index (χ1n) is 8.95. The van der Waals surface area contributed by atoms with Crippen molar-refractivity contribution < 1.29 is 13.2 Å². The minimum Gasteiger partial charge on any atom is -0.349 e. The number of carbonyl (C=O) groups is 1. The van der Waals surface area contributed by atoms with Crippen molar-refractivity contribution >= 4 is 15.9 Å². The van der Waals surface area contributed by atoms with E-state index in [1.807, 2.05) is 7.05 Å². The van der Waals surface area contributed by atoms with Crippen LogP contribution in [0.4, 0.5) is 0 Å². The number of nitrogens with zero attached hydrogens (tertiary/aromatic N) is 2. The van der Waals surface area contributed by atoms with Gasteiger partial charge < -0.3 is 10.2 Å². The van der Waals surface area contributed by atoms with Gasteiger partial charge in [-0.3, -0.25) is 4.79 Å². The molecular weight excluding hydrogens is 338 g/mol. The van der Waals surface area contributed by atoms with Crippen molar-refractivity contribution in [1.82, 2.24) is 14.5 Å².